The molecule has 0 rings (SSSR count). The molecule has 0 amide bonds. The Labute approximate surface area is 128 Å². The van der Waals surface area contributed by atoms with Gasteiger partial charge in [0.05, 0.1) is 11.7 Å². The highest BCUT2D eigenvalue weighted by molar-refractivity contribution is 8.13. The summed E-state index contributed by atoms with van der Waals surface area (Å²) in [6.07, 6.45) is -24.2. The molecule has 23 heavy (non-hydrogen) atoms. The molecule has 0 aromatic carbocycles. The topological polar surface area (TPSA) is 34.1 Å². The smallest absolute Gasteiger partial charge is 0.224 e. The summed E-state index contributed by atoms with van der Waals surface area (Å²) in [5.41, 5.74) is -6.07. The fourth-order valence-corrected chi connectivity index (χ4v) is 2.45. The zero-order valence-corrected chi connectivity index (χ0v) is 12.4. The molecule has 1 unspecified atom stereocenters. The summed E-state index contributed by atoms with van der Waals surface area (Å²) >= 11 is 0. The van der Waals surface area contributed by atoms with Crippen molar-refractivity contribution in [2.45, 2.75) is 43.5 Å². The Bertz CT molecular complexity index is 478. The van der Waals surface area contributed by atoms with Gasteiger partial charge in [-0.25, -0.2) is 12.8 Å². The van der Waals surface area contributed by atoms with Gasteiger partial charge in [-0.1, -0.05) is 0 Å². The van der Waals surface area contributed by atoms with E-state index in [9.17, 15) is 52.3 Å². The molecule has 0 fully saturated rings. The van der Waals surface area contributed by atoms with Crippen molar-refractivity contribution in [2.24, 2.45) is 5.92 Å². The largest absolute Gasteiger partial charge is 0.431 e. The Hall–Kier alpha value is -0.460. The van der Waals surface area contributed by atoms with E-state index in [-0.39, 0.29) is 0 Å². The predicted octanol–water partition coefficient (Wildman–Crippen LogP) is 4.74. The first-order chi connectivity index (χ1) is 9.81. The molecule has 0 radical (unpaired) electrons. The minimum atomic E-state index is -6.62. The van der Waals surface area contributed by atoms with E-state index in [1.54, 1.807) is 0 Å². The lowest BCUT2D eigenvalue weighted by atomic mass is 9.87. The average molecular weight is 407 g/mol. The zero-order chi connectivity index (χ0) is 18.9. The monoisotopic (exact) mass is 406 g/mol. The van der Waals surface area contributed by atoms with Crippen molar-refractivity contribution in [1.82, 2.24) is 0 Å². The first-order valence-electron chi connectivity index (χ1n) is 5.62. The molecule has 0 spiro atoms. The van der Waals surface area contributed by atoms with Gasteiger partial charge in [0.15, 0.2) is 0 Å². The lowest BCUT2D eigenvalue weighted by Crippen LogP contribution is -2.55. The number of alkyl halides is 10. The van der Waals surface area contributed by atoms with Crippen LogP contribution in [-0.4, -0.2) is 38.4 Å². The number of halogens is 11. The molecule has 0 heterocycles. The highest BCUT2D eigenvalue weighted by Gasteiger charge is 2.73. The summed E-state index contributed by atoms with van der Waals surface area (Å²) in [6, 6.07) is 0. The quantitative estimate of drug-likeness (QED) is 0.472. The van der Waals surface area contributed by atoms with Crippen LogP contribution < -0.4 is 0 Å². The van der Waals surface area contributed by atoms with Crippen molar-refractivity contribution in [3.63, 3.8) is 0 Å². The van der Waals surface area contributed by atoms with Gasteiger partial charge in [0.2, 0.25) is 9.05 Å². The van der Waals surface area contributed by atoms with Crippen LogP contribution in [0.5, 0.6) is 0 Å². The van der Waals surface area contributed by atoms with Crippen molar-refractivity contribution in [3.05, 3.63) is 0 Å². The Morgan fingerprint density at radius 1 is 0.826 bits per heavy atom. The van der Waals surface area contributed by atoms with Crippen molar-refractivity contribution in [1.29, 1.82) is 0 Å². The second kappa shape index (κ2) is 6.81. The molecule has 0 bridgehead atoms. The molecular formula is C9H9ClF10O2S. The van der Waals surface area contributed by atoms with Crippen LogP contribution in [0.25, 0.3) is 0 Å². The molecule has 0 aliphatic rings. The predicted molar refractivity (Wildman–Crippen MR) is 59.0 cm³/mol. The Balaban J connectivity index is 5.43. The van der Waals surface area contributed by atoms with Gasteiger partial charge in [-0.3, -0.25) is 0 Å². The molecule has 2 nitrogen and oxygen atoms in total. The van der Waals surface area contributed by atoms with Crippen LogP contribution in [0.3, 0.4) is 0 Å². The third-order valence-corrected chi connectivity index (χ3v) is 4.07. The van der Waals surface area contributed by atoms with Gasteiger partial charge in [-0.05, 0) is 12.8 Å². The molecule has 0 saturated heterocycles. The Kier molecular flexibility index (Phi) is 6.67. The third kappa shape index (κ3) is 6.51. The molecular weight excluding hydrogens is 398 g/mol. The van der Waals surface area contributed by atoms with Crippen LogP contribution in [0.1, 0.15) is 19.3 Å². The molecule has 0 N–H and O–H groups in total. The van der Waals surface area contributed by atoms with E-state index in [0.717, 1.165) is 0 Å². The van der Waals surface area contributed by atoms with Crippen LogP contribution in [0.15, 0.2) is 0 Å². The Morgan fingerprint density at radius 3 is 1.48 bits per heavy atom. The van der Waals surface area contributed by atoms with Crippen molar-refractivity contribution in [3.8, 4) is 0 Å². The highest BCUT2D eigenvalue weighted by atomic mass is 35.7. The lowest BCUT2D eigenvalue weighted by Gasteiger charge is -2.33. The van der Waals surface area contributed by atoms with Crippen molar-refractivity contribution in [2.75, 3.05) is 5.75 Å². The standard InChI is InChI=1S/C9H9ClF10O2S/c10-23(21,22)3-1-2-5(7(12,13)14)4-6(11,8(15,16)17)9(18,19)20/h5H,1-4H2. The molecule has 0 aromatic rings. The van der Waals surface area contributed by atoms with E-state index < -0.39 is 64.2 Å². The second-order valence-corrected chi connectivity index (χ2v) is 7.52. The van der Waals surface area contributed by atoms with Crippen molar-refractivity contribution >= 4 is 19.7 Å². The molecule has 0 saturated carbocycles. The first kappa shape index (κ1) is 22.5. The van der Waals surface area contributed by atoms with Gasteiger partial charge in [0.25, 0.3) is 5.67 Å². The average Bonchev–Trinajstić information content (AvgIpc) is 2.21. The number of rotatable bonds is 6. The van der Waals surface area contributed by atoms with Gasteiger partial charge in [-0.15, -0.1) is 0 Å². The van der Waals surface area contributed by atoms with Crippen LogP contribution in [-0.2, 0) is 9.05 Å². The highest BCUT2D eigenvalue weighted by Crippen LogP contribution is 2.52. The Morgan fingerprint density at radius 2 is 1.22 bits per heavy atom. The summed E-state index contributed by atoms with van der Waals surface area (Å²) in [5, 5.41) is 0. The maximum absolute atomic E-state index is 13.4. The summed E-state index contributed by atoms with van der Waals surface area (Å²) in [5.74, 6) is -4.47. The van der Waals surface area contributed by atoms with E-state index in [1.807, 2.05) is 0 Å². The van der Waals surface area contributed by atoms with Gasteiger partial charge < -0.3 is 0 Å². The van der Waals surface area contributed by atoms with Crippen LogP contribution in [0, 0.1) is 5.92 Å². The van der Waals surface area contributed by atoms with E-state index in [4.69, 9.17) is 0 Å². The molecule has 0 aromatic heterocycles. The minimum absolute atomic E-state index is 0.984. The molecule has 0 aliphatic heterocycles. The zero-order valence-electron chi connectivity index (χ0n) is 10.8. The fraction of sp³-hybridized carbons (Fsp3) is 1.00. The maximum atomic E-state index is 13.4. The lowest BCUT2D eigenvalue weighted by molar-refractivity contribution is -0.352. The van der Waals surface area contributed by atoms with Gasteiger partial charge in [0.1, 0.15) is 0 Å². The molecule has 14 heteroatoms. The SMILES string of the molecule is O=S(=O)(Cl)CCCC(CC(F)(C(F)(F)F)C(F)(F)F)C(F)(F)F. The second-order valence-electron chi connectivity index (χ2n) is 4.62. The van der Waals surface area contributed by atoms with E-state index in [0.29, 0.717) is 0 Å². The van der Waals surface area contributed by atoms with Crippen LogP contribution in [0.2, 0.25) is 0 Å². The normalized spacial score (nSPS) is 16.5. The van der Waals surface area contributed by atoms with Gasteiger partial charge in [-0.2, -0.15) is 39.5 Å². The van der Waals surface area contributed by atoms with Gasteiger partial charge >= 0.3 is 18.5 Å². The third-order valence-electron chi connectivity index (χ3n) is 2.83. The fourth-order valence-electron chi connectivity index (χ4n) is 1.62. The van der Waals surface area contributed by atoms with Gasteiger partial charge in [0, 0.05) is 17.1 Å². The number of hydrogen-bond acceptors (Lipinski definition) is 2. The molecule has 0 aliphatic carbocycles. The molecule has 140 valence electrons. The summed E-state index contributed by atoms with van der Waals surface area (Å²) in [4.78, 5) is 0. The van der Waals surface area contributed by atoms with E-state index >= 15 is 0 Å². The van der Waals surface area contributed by atoms with Crippen LogP contribution >= 0.6 is 10.7 Å². The first-order valence-corrected chi connectivity index (χ1v) is 8.10. The van der Waals surface area contributed by atoms with E-state index in [2.05, 4.69) is 10.7 Å². The van der Waals surface area contributed by atoms with Crippen LogP contribution in [0.4, 0.5) is 43.9 Å². The minimum Gasteiger partial charge on any atom is -0.224 e. The maximum Gasteiger partial charge on any atom is 0.431 e. The number of hydrogen-bond donors (Lipinski definition) is 0. The molecule has 1 atom stereocenters. The van der Waals surface area contributed by atoms with E-state index in [1.165, 1.54) is 0 Å². The summed E-state index contributed by atoms with van der Waals surface area (Å²) in [6.45, 7) is 0. The van der Waals surface area contributed by atoms with Crippen molar-refractivity contribution < 1.29 is 52.3 Å². The summed E-state index contributed by atoms with van der Waals surface area (Å²) < 4.78 is 146. The summed E-state index contributed by atoms with van der Waals surface area (Å²) in [7, 11) is 0.367.